The Morgan fingerprint density at radius 3 is 2.82 bits per heavy atom. The molecule has 1 atom stereocenters. The minimum Gasteiger partial charge on any atom is -0.354 e. The molecule has 1 amide bonds. The van der Waals surface area contributed by atoms with Crippen molar-refractivity contribution in [2.75, 3.05) is 0 Å². The highest BCUT2D eigenvalue weighted by molar-refractivity contribution is 5.95. The second-order valence-corrected chi connectivity index (χ2v) is 6.37. The number of fused-ring (bicyclic) bond motifs is 1. The molecule has 0 saturated heterocycles. The Bertz CT molecular complexity index is 697. The Hall–Kier alpha value is -2.11. The number of nitrogens with zero attached hydrogens (tertiary/aromatic N) is 4. The molecule has 22 heavy (non-hydrogen) atoms. The van der Waals surface area contributed by atoms with Crippen LogP contribution in [-0.2, 0) is 20.0 Å². The summed E-state index contributed by atoms with van der Waals surface area (Å²) in [6.45, 7) is 6.96. The van der Waals surface area contributed by atoms with Gasteiger partial charge in [-0.15, -0.1) is 10.2 Å². The van der Waals surface area contributed by atoms with Crippen molar-refractivity contribution in [3.05, 3.63) is 35.2 Å². The Kier molecular flexibility index (Phi) is 3.76. The van der Waals surface area contributed by atoms with Crippen molar-refractivity contribution >= 4 is 5.91 Å². The SMILES string of the molecule is Cc1c(C(=O)NC2CCc3nnc(C(C)C)n3C2)ccn1C. The summed E-state index contributed by atoms with van der Waals surface area (Å²) < 4.78 is 4.13. The summed E-state index contributed by atoms with van der Waals surface area (Å²) in [6.07, 6.45) is 3.69. The fourth-order valence-corrected chi connectivity index (χ4v) is 3.00. The first-order valence-corrected chi connectivity index (χ1v) is 7.82. The predicted molar refractivity (Wildman–Crippen MR) is 83.8 cm³/mol. The van der Waals surface area contributed by atoms with E-state index in [0.29, 0.717) is 5.92 Å². The number of amides is 1. The van der Waals surface area contributed by atoms with E-state index in [-0.39, 0.29) is 11.9 Å². The molecule has 1 unspecified atom stereocenters. The monoisotopic (exact) mass is 301 g/mol. The Balaban J connectivity index is 1.74. The van der Waals surface area contributed by atoms with Gasteiger partial charge in [-0.2, -0.15) is 0 Å². The largest absolute Gasteiger partial charge is 0.354 e. The number of aromatic nitrogens is 4. The van der Waals surface area contributed by atoms with E-state index in [1.165, 1.54) is 0 Å². The Morgan fingerprint density at radius 1 is 1.41 bits per heavy atom. The first-order chi connectivity index (χ1) is 10.5. The van der Waals surface area contributed by atoms with Crippen molar-refractivity contribution in [1.29, 1.82) is 0 Å². The molecule has 6 heteroatoms. The lowest BCUT2D eigenvalue weighted by Crippen LogP contribution is -2.41. The van der Waals surface area contributed by atoms with E-state index < -0.39 is 0 Å². The lowest BCUT2D eigenvalue weighted by atomic mass is 10.1. The molecule has 1 aliphatic heterocycles. The maximum atomic E-state index is 12.5. The zero-order valence-electron chi connectivity index (χ0n) is 13.6. The summed E-state index contributed by atoms with van der Waals surface area (Å²) in [5.41, 5.74) is 1.74. The van der Waals surface area contributed by atoms with Crippen LogP contribution in [0.25, 0.3) is 0 Å². The smallest absolute Gasteiger partial charge is 0.253 e. The molecule has 118 valence electrons. The van der Waals surface area contributed by atoms with Crippen LogP contribution in [-0.4, -0.2) is 31.3 Å². The molecule has 0 aliphatic carbocycles. The van der Waals surface area contributed by atoms with Gasteiger partial charge in [0, 0.05) is 43.9 Å². The van der Waals surface area contributed by atoms with Gasteiger partial charge in [-0.05, 0) is 19.4 Å². The van der Waals surface area contributed by atoms with E-state index in [2.05, 4.69) is 33.9 Å². The van der Waals surface area contributed by atoms with Gasteiger partial charge in [0.1, 0.15) is 11.6 Å². The van der Waals surface area contributed by atoms with Crippen LogP contribution in [0.1, 0.15) is 53.9 Å². The molecule has 0 fully saturated rings. The summed E-state index contributed by atoms with van der Waals surface area (Å²) in [6, 6.07) is 2.00. The fourth-order valence-electron chi connectivity index (χ4n) is 3.00. The second-order valence-electron chi connectivity index (χ2n) is 6.37. The van der Waals surface area contributed by atoms with Gasteiger partial charge in [-0.25, -0.2) is 0 Å². The number of carbonyl (C=O) groups is 1. The maximum absolute atomic E-state index is 12.5. The third kappa shape index (κ3) is 2.53. The topological polar surface area (TPSA) is 64.7 Å². The molecule has 6 nitrogen and oxygen atoms in total. The highest BCUT2D eigenvalue weighted by atomic mass is 16.1. The highest BCUT2D eigenvalue weighted by Crippen LogP contribution is 2.20. The van der Waals surface area contributed by atoms with Gasteiger partial charge in [0.25, 0.3) is 5.91 Å². The average Bonchev–Trinajstić information content (AvgIpc) is 3.03. The van der Waals surface area contributed by atoms with Gasteiger partial charge in [0.15, 0.2) is 0 Å². The van der Waals surface area contributed by atoms with E-state index in [9.17, 15) is 4.79 Å². The predicted octanol–water partition coefficient (Wildman–Crippen LogP) is 1.79. The van der Waals surface area contributed by atoms with Crippen LogP contribution in [0.5, 0.6) is 0 Å². The molecule has 2 aromatic heterocycles. The van der Waals surface area contributed by atoms with Gasteiger partial charge in [0.2, 0.25) is 0 Å². The van der Waals surface area contributed by atoms with Crippen LogP contribution in [0.2, 0.25) is 0 Å². The minimum atomic E-state index is 0.00530. The standard InChI is InChI=1S/C16H23N5O/c1-10(2)15-19-18-14-6-5-12(9-21(14)15)17-16(22)13-7-8-20(4)11(13)3/h7-8,10,12H,5-6,9H2,1-4H3,(H,17,22). The molecule has 3 heterocycles. The summed E-state index contributed by atoms with van der Waals surface area (Å²) in [5, 5.41) is 11.7. The first-order valence-electron chi connectivity index (χ1n) is 7.82. The molecule has 1 aliphatic rings. The fraction of sp³-hybridized carbons (Fsp3) is 0.562. The molecule has 2 aromatic rings. The van der Waals surface area contributed by atoms with Crippen LogP contribution in [0.4, 0.5) is 0 Å². The number of rotatable bonds is 3. The molecular formula is C16H23N5O. The molecule has 0 radical (unpaired) electrons. The molecule has 0 spiro atoms. The second kappa shape index (κ2) is 5.59. The van der Waals surface area contributed by atoms with Crippen molar-refractivity contribution in [2.45, 2.75) is 52.1 Å². The van der Waals surface area contributed by atoms with Gasteiger partial charge >= 0.3 is 0 Å². The van der Waals surface area contributed by atoms with Gasteiger partial charge in [-0.3, -0.25) is 4.79 Å². The summed E-state index contributed by atoms with van der Waals surface area (Å²) in [5.74, 6) is 2.38. The lowest BCUT2D eigenvalue weighted by molar-refractivity contribution is 0.0926. The molecule has 0 saturated carbocycles. The van der Waals surface area contributed by atoms with Crippen molar-refractivity contribution in [2.24, 2.45) is 7.05 Å². The van der Waals surface area contributed by atoms with E-state index >= 15 is 0 Å². The molecular weight excluding hydrogens is 278 g/mol. The first kappa shape index (κ1) is 14.8. The highest BCUT2D eigenvalue weighted by Gasteiger charge is 2.25. The summed E-state index contributed by atoms with van der Waals surface area (Å²) in [4.78, 5) is 12.5. The minimum absolute atomic E-state index is 0.00530. The van der Waals surface area contributed by atoms with E-state index in [1.54, 1.807) is 0 Å². The number of hydrogen-bond donors (Lipinski definition) is 1. The van der Waals surface area contributed by atoms with E-state index in [1.807, 2.05) is 30.8 Å². The summed E-state index contributed by atoms with van der Waals surface area (Å²) >= 11 is 0. The summed E-state index contributed by atoms with van der Waals surface area (Å²) in [7, 11) is 1.95. The molecule has 0 bridgehead atoms. The van der Waals surface area contributed by atoms with E-state index in [0.717, 1.165) is 42.3 Å². The lowest BCUT2D eigenvalue weighted by Gasteiger charge is -2.26. The molecule has 1 N–H and O–H groups in total. The van der Waals surface area contributed by atoms with E-state index in [4.69, 9.17) is 0 Å². The Labute approximate surface area is 130 Å². The van der Waals surface area contributed by atoms with Crippen molar-refractivity contribution in [1.82, 2.24) is 24.6 Å². The van der Waals surface area contributed by atoms with Crippen LogP contribution in [0, 0.1) is 6.92 Å². The quantitative estimate of drug-likeness (QED) is 0.940. The van der Waals surface area contributed by atoms with Crippen LogP contribution >= 0.6 is 0 Å². The average molecular weight is 301 g/mol. The van der Waals surface area contributed by atoms with Crippen LogP contribution in [0.3, 0.4) is 0 Å². The van der Waals surface area contributed by atoms with Gasteiger partial charge in [0.05, 0.1) is 5.56 Å². The maximum Gasteiger partial charge on any atom is 0.253 e. The van der Waals surface area contributed by atoms with Gasteiger partial charge in [-0.1, -0.05) is 13.8 Å². The van der Waals surface area contributed by atoms with Crippen molar-refractivity contribution in [3.63, 3.8) is 0 Å². The third-order valence-corrected chi connectivity index (χ3v) is 4.46. The number of aryl methyl sites for hydroxylation is 2. The molecule has 0 aromatic carbocycles. The van der Waals surface area contributed by atoms with Crippen molar-refractivity contribution < 1.29 is 4.79 Å². The number of carbonyl (C=O) groups excluding carboxylic acids is 1. The molecule has 3 rings (SSSR count). The van der Waals surface area contributed by atoms with Gasteiger partial charge < -0.3 is 14.5 Å². The van der Waals surface area contributed by atoms with Crippen LogP contribution in [0.15, 0.2) is 12.3 Å². The zero-order chi connectivity index (χ0) is 15.9. The number of hydrogen-bond acceptors (Lipinski definition) is 3. The number of nitrogens with one attached hydrogen (secondary N) is 1. The third-order valence-electron chi connectivity index (χ3n) is 4.46. The van der Waals surface area contributed by atoms with Crippen LogP contribution < -0.4 is 5.32 Å². The normalized spacial score (nSPS) is 17.6. The van der Waals surface area contributed by atoms with Crippen molar-refractivity contribution in [3.8, 4) is 0 Å². The zero-order valence-corrected chi connectivity index (χ0v) is 13.6. The Morgan fingerprint density at radius 2 is 2.18 bits per heavy atom.